The number of hydrogen-bond donors (Lipinski definition) is 1. The molecule has 0 saturated carbocycles. The number of carboxylic acids is 1. The summed E-state index contributed by atoms with van der Waals surface area (Å²) >= 11 is 0. The van der Waals surface area contributed by atoms with Crippen LogP contribution in [0, 0.1) is 5.92 Å². The molecular weight excluding hydrogens is 166 g/mol. The number of likely N-dealkylation sites (tertiary alicyclic amines) is 1. The molecule has 13 heavy (non-hydrogen) atoms. The first-order chi connectivity index (χ1) is 6.16. The van der Waals surface area contributed by atoms with Crippen LogP contribution in [-0.4, -0.2) is 35.1 Å². The van der Waals surface area contributed by atoms with Crippen LogP contribution in [0.15, 0.2) is 0 Å². The first-order valence-corrected chi connectivity index (χ1v) is 5.13. The molecule has 2 atom stereocenters. The molecule has 3 nitrogen and oxygen atoms in total. The van der Waals surface area contributed by atoms with Crippen molar-refractivity contribution in [3.8, 4) is 0 Å². The molecular formula is C10H19NO2. The predicted octanol–water partition coefficient (Wildman–Crippen LogP) is 1.58. The number of unbranched alkanes of at least 4 members (excludes halogenated alkanes) is 1. The van der Waals surface area contributed by atoms with E-state index in [-0.39, 0.29) is 6.04 Å². The van der Waals surface area contributed by atoms with Crippen molar-refractivity contribution in [2.75, 3.05) is 13.1 Å². The van der Waals surface area contributed by atoms with Crippen molar-refractivity contribution in [3.05, 3.63) is 0 Å². The molecule has 1 heterocycles. The summed E-state index contributed by atoms with van der Waals surface area (Å²) in [5.74, 6) is -0.338. The Morgan fingerprint density at radius 2 is 2.31 bits per heavy atom. The molecule has 76 valence electrons. The first-order valence-electron chi connectivity index (χ1n) is 5.13. The summed E-state index contributed by atoms with van der Waals surface area (Å²) < 4.78 is 0. The Morgan fingerprint density at radius 1 is 1.62 bits per heavy atom. The van der Waals surface area contributed by atoms with Gasteiger partial charge in [-0.3, -0.25) is 9.69 Å². The third-order valence-electron chi connectivity index (χ3n) is 2.86. The van der Waals surface area contributed by atoms with Crippen LogP contribution in [-0.2, 0) is 4.79 Å². The Labute approximate surface area is 79.7 Å². The number of nitrogens with zero attached hydrogens (tertiary/aromatic N) is 1. The van der Waals surface area contributed by atoms with Gasteiger partial charge in [0.25, 0.3) is 0 Å². The highest BCUT2D eigenvalue weighted by molar-refractivity contribution is 5.74. The third-order valence-corrected chi connectivity index (χ3v) is 2.86. The minimum atomic E-state index is -0.652. The fourth-order valence-corrected chi connectivity index (χ4v) is 2.04. The Balaban J connectivity index is 2.49. The van der Waals surface area contributed by atoms with Crippen molar-refractivity contribution in [3.63, 3.8) is 0 Å². The zero-order valence-corrected chi connectivity index (χ0v) is 8.49. The maximum Gasteiger partial charge on any atom is 0.321 e. The van der Waals surface area contributed by atoms with Gasteiger partial charge in [-0.2, -0.15) is 0 Å². The van der Waals surface area contributed by atoms with Gasteiger partial charge in [-0.05, 0) is 31.8 Å². The minimum absolute atomic E-state index is 0.230. The van der Waals surface area contributed by atoms with E-state index in [4.69, 9.17) is 5.11 Å². The van der Waals surface area contributed by atoms with Crippen LogP contribution >= 0.6 is 0 Å². The number of carbonyl (C=O) groups is 1. The van der Waals surface area contributed by atoms with Gasteiger partial charge in [0.15, 0.2) is 0 Å². The molecule has 0 amide bonds. The van der Waals surface area contributed by atoms with Crippen LogP contribution in [0.1, 0.15) is 33.1 Å². The lowest BCUT2D eigenvalue weighted by Crippen LogP contribution is -2.39. The average molecular weight is 185 g/mol. The van der Waals surface area contributed by atoms with Crippen molar-refractivity contribution in [2.24, 2.45) is 5.92 Å². The highest BCUT2D eigenvalue weighted by atomic mass is 16.4. The van der Waals surface area contributed by atoms with E-state index in [1.807, 2.05) is 6.92 Å². The second-order valence-electron chi connectivity index (χ2n) is 3.94. The highest BCUT2D eigenvalue weighted by Crippen LogP contribution is 2.24. The molecule has 0 aromatic rings. The monoisotopic (exact) mass is 185 g/mol. The third kappa shape index (κ3) is 2.44. The van der Waals surface area contributed by atoms with E-state index in [2.05, 4.69) is 11.8 Å². The van der Waals surface area contributed by atoms with Gasteiger partial charge in [0.2, 0.25) is 0 Å². The van der Waals surface area contributed by atoms with Crippen LogP contribution in [0.4, 0.5) is 0 Å². The molecule has 1 aliphatic rings. The van der Waals surface area contributed by atoms with E-state index >= 15 is 0 Å². The van der Waals surface area contributed by atoms with E-state index in [0.29, 0.717) is 5.92 Å². The van der Waals surface area contributed by atoms with Gasteiger partial charge in [-0.25, -0.2) is 0 Å². The molecule has 0 aromatic heterocycles. The standard InChI is InChI=1S/C10H19NO2/c1-3-4-6-11-7-5-8(2)9(11)10(12)13/h8-9H,3-7H2,1-2H3,(H,12,13). The van der Waals surface area contributed by atoms with E-state index in [9.17, 15) is 4.79 Å². The van der Waals surface area contributed by atoms with Crippen LogP contribution in [0.5, 0.6) is 0 Å². The van der Waals surface area contributed by atoms with E-state index in [0.717, 1.165) is 32.4 Å². The lowest BCUT2D eigenvalue weighted by Gasteiger charge is -2.22. The van der Waals surface area contributed by atoms with Gasteiger partial charge in [0, 0.05) is 0 Å². The molecule has 2 unspecified atom stereocenters. The maximum atomic E-state index is 10.9. The molecule has 3 heteroatoms. The lowest BCUT2D eigenvalue weighted by molar-refractivity contribution is -0.143. The van der Waals surface area contributed by atoms with Gasteiger partial charge < -0.3 is 5.11 Å². The molecule has 0 aliphatic carbocycles. The number of carboxylic acid groups (broad SMARTS) is 1. The normalized spacial score (nSPS) is 29.4. The second kappa shape index (κ2) is 4.61. The topological polar surface area (TPSA) is 40.5 Å². The summed E-state index contributed by atoms with van der Waals surface area (Å²) in [7, 11) is 0. The van der Waals surface area contributed by atoms with Crippen molar-refractivity contribution in [1.29, 1.82) is 0 Å². The summed E-state index contributed by atoms with van der Waals surface area (Å²) in [5.41, 5.74) is 0. The summed E-state index contributed by atoms with van der Waals surface area (Å²) in [5, 5.41) is 9.01. The van der Waals surface area contributed by atoms with Crippen molar-refractivity contribution in [1.82, 2.24) is 4.90 Å². The lowest BCUT2D eigenvalue weighted by atomic mass is 10.0. The molecule has 1 N–H and O–H groups in total. The SMILES string of the molecule is CCCCN1CCC(C)C1C(=O)O. The van der Waals surface area contributed by atoms with E-state index in [1.165, 1.54) is 0 Å². The fourth-order valence-electron chi connectivity index (χ4n) is 2.04. The van der Waals surface area contributed by atoms with Crippen LogP contribution in [0.3, 0.4) is 0 Å². The summed E-state index contributed by atoms with van der Waals surface area (Å²) in [6.07, 6.45) is 3.27. The zero-order valence-electron chi connectivity index (χ0n) is 8.49. The first kappa shape index (κ1) is 10.5. The van der Waals surface area contributed by atoms with E-state index < -0.39 is 5.97 Å². The summed E-state index contributed by atoms with van der Waals surface area (Å²) in [6.45, 7) is 6.07. The van der Waals surface area contributed by atoms with Gasteiger partial charge in [-0.15, -0.1) is 0 Å². The van der Waals surface area contributed by atoms with Crippen molar-refractivity contribution >= 4 is 5.97 Å². The van der Waals surface area contributed by atoms with Gasteiger partial charge in [-0.1, -0.05) is 20.3 Å². The molecule has 0 spiro atoms. The van der Waals surface area contributed by atoms with Gasteiger partial charge in [0.05, 0.1) is 0 Å². The molecule has 1 saturated heterocycles. The Bertz CT molecular complexity index is 182. The van der Waals surface area contributed by atoms with E-state index in [1.54, 1.807) is 0 Å². The molecule has 0 radical (unpaired) electrons. The Kier molecular flexibility index (Phi) is 3.72. The second-order valence-corrected chi connectivity index (χ2v) is 3.94. The molecule has 1 fully saturated rings. The zero-order chi connectivity index (χ0) is 9.84. The summed E-state index contributed by atoms with van der Waals surface area (Å²) in [4.78, 5) is 13.1. The minimum Gasteiger partial charge on any atom is -0.480 e. The highest BCUT2D eigenvalue weighted by Gasteiger charge is 2.35. The molecule has 1 rings (SSSR count). The van der Waals surface area contributed by atoms with Crippen LogP contribution in [0.2, 0.25) is 0 Å². The molecule has 0 aromatic carbocycles. The largest absolute Gasteiger partial charge is 0.480 e. The Morgan fingerprint density at radius 3 is 2.85 bits per heavy atom. The van der Waals surface area contributed by atoms with Crippen LogP contribution < -0.4 is 0 Å². The summed E-state index contributed by atoms with van der Waals surface area (Å²) in [6, 6.07) is -0.230. The predicted molar refractivity (Wildman–Crippen MR) is 51.7 cm³/mol. The van der Waals surface area contributed by atoms with Gasteiger partial charge >= 0.3 is 5.97 Å². The smallest absolute Gasteiger partial charge is 0.321 e. The molecule has 1 aliphatic heterocycles. The van der Waals surface area contributed by atoms with Gasteiger partial charge in [0.1, 0.15) is 6.04 Å². The fraction of sp³-hybridized carbons (Fsp3) is 0.900. The quantitative estimate of drug-likeness (QED) is 0.723. The number of hydrogen-bond acceptors (Lipinski definition) is 2. The van der Waals surface area contributed by atoms with Crippen molar-refractivity contribution < 1.29 is 9.90 Å². The van der Waals surface area contributed by atoms with Crippen molar-refractivity contribution in [2.45, 2.75) is 39.2 Å². The average Bonchev–Trinajstić information content (AvgIpc) is 2.43. The molecule has 0 bridgehead atoms. The maximum absolute atomic E-state index is 10.9. The number of rotatable bonds is 4. The Hall–Kier alpha value is -0.570. The number of aliphatic carboxylic acids is 1. The van der Waals surface area contributed by atoms with Crippen LogP contribution in [0.25, 0.3) is 0 Å².